The van der Waals surface area contributed by atoms with Gasteiger partial charge in [0.1, 0.15) is 6.54 Å². The molecule has 2 aromatic rings. The summed E-state index contributed by atoms with van der Waals surface area (Å²) < 4.78 is 2.06. The van der Waals surface area contributed by atoms with E-state index in [0.29, 0.717) is 18.4 Å². The Bertz CT molecular complexity index is 606. The molecule has 1 fully saturated rings. The smallest absolute Gasteiger partial charge is 0.242 e. The maximum atomic E-state index is 12.5. The van der Waals surface area contributed by atoms with Gasteiger partial charge in [-0.05, 0) is 35.8 Å². The Morgan fingerprint density at radius 1 is 1.15 bits per heavy atom. The van der Waals surface area contributed by atoms with Gasteiger partial charge in [0, 0.05) is 24.8 Å². The van der Waals surface area contributed by atoms with E-state index in [2.05, 4.69) is 36.6 Å². The van der Waals surface area contributed by atoms with Crippen LogP contribution in [-0.2, 0) is 11.3 Å². The van der Waals surface area contributed by atoms with Crippen LogP contribution in [0.1, 0.15) is 20.3 Å². The fourth-order valence-corrected chi connectivity index (χ4v) is 3.39. The van der Waals surface area contributed by atoms with E-state index in [1.807, 2.05) is 23.2 Å². The van der Waals surface area contributed by atoms with E-state index in [1.54, 1.807) is 0 Å². The number of hydrogen-bond donors (Lipinski definition) is 0. The van der Waals surface area contributed by atoms with Gasteiger partial charge in [-0.1, -0.05) is 32.0 Å². The molecule has 0 bridgehead atoms. The van der Waals surface area contributed by atoms with Gasteiger partial charge in [0.25, 0.3) is 0 Å². The van der Waals surface area contributed by atoms with Gasteiger partial charge >= 0.3 is 0 Å². The van der Waals surface area contributed by atoms with Gasteiger partial charge < -0.3 is 9.47 Å². The molecule has 1 aromatic heterocycles. The maximum absolute atomic E-state index is 12.5. The van der Waals surface area contributed by atoms with Crippen molar-refractivity contribution in [3.05, 3.63) is 36.5 Å². The summed E-state index contributed by atoms with van der Waals surface area (Å²) in [6.07, 6.45) is 3.25. The van der Waals surface area contributed by atoms with Crippen molar-refractivity contribution in [2.24, 2.45) is 11.8 Å². The number of piperidine rings is 1. The van der Waals surface area contributed by atoms with Crippen LogP contribution in [0, 0.1) is 11.8 Å². The highest BCUT2D eigenvalue weighted by Crippen LogP contribution is 2.22. The van der Waals surface area contributed by atoms with Crippen LogP contribution in [-0.4, -0.2) is 28.5 Å². The van der Waals surface area contributed by atoms with Crippen LogP contribution in [0.25, 0.3) is 10.9 Å². The summed E-state index contributed by atoms with van der Waals surface area (Å²) in [4.78, 5) is 14.5. The first kappa shape index (κ1) is 13.2. The lowest BCUT2D eigenvalue weighted by Gasteiger charge is -2.35. The number of carbonyl (C=O) groups excluding carboxylic acids is 1. The predicted octanol–water partition coefficient (Wildman–Crippen LogP) is 3.15. The zero-order valence-corrected chi connectivity index (χ0v) is 12.2. The molecule has 2 heterocycles. The van der Waals surface area contributed by atoms with Gasteiger partial charge in [-0.25, -0.2) is 0 Å². The Kier molecular flexibility index (Phi) is 3.51. The van der Waals surface area contributed by atoms with E-state index >= 15 is 0 Å². The van der Waals surface area contributed by atoms with Crippen molar-refractivity contribution in [1.29, 1.82) is 0 Å². The topological polar surface area (TPSA) is 25.2 Å². The summed E-state index contributed by atoms with van der Waals surface area (Å²) in [6, 6.07) is 10.3. The second-order valence-corrected chi connectivity index (χ2v) is 6.25. The molecule has 1 aliphatic rings. The minimum Gasteiger partial charge on any atom is -0.341 e. The van der Waals surface area contributed by atoms with Crippen LogP contribution >= 0.6 is 0 Å². The van der Waals surface area contributed by atoms with E-state index in [-0.39, 0.29) is 5.91 Å². The number of hydrogen-bond acceptors (Lipinski definition) is 1. The van der Waals surface area contributed by atoms with Crippen LogP contribution in [0.2, 0.25) is 0 Å². The highest BCUT2D eigenvalue weighted by atomic mass is 16.2. The second kappa shape index (κ2) is 5.31. The zero-order chi connectivity index (χ0) is 14.1. The van der Waals surface area contributed by atoms with E-state index in [4.69, 9.17) is 0 Å². The van der Waals surface area contributed by atoms with E-state index < -0.39 is 0 Å². The predicted molar refractivity (Wildman–Crippen MR) is 81.5 cm³/mol. The molecule has 1 amide bonds. The second-order valence-electron chi connectivity index (χ2n) is 6.25. The standard InChI is InChI=1S/C17H22N2O/c1-13-9-14(2)11-19(10-13)17(20)12-18-8-7-15-5-3-4-6-16(15)18/h3-8,13-14H,9-12H2,1-2H3/t13-,14+. The van der Waals surface area contributed by atoms with Crippen molar-refractivity contribution >= 4 is 16.8 Å². The number of nitrogens with zero attached hydrogens (tertiary/aromatic N) is 2. The molecule has 0 unspecified atom stereocenters. The van der Waals surface area contributed by atoms with Gasteiger partial charge in [0.05, 0.1) is 0 Å². The van der Waals surface area contributed by atoms with Crippen molar-refractivity contribution in [3.8, 4) is 0 Å². The lowest BCUT2D eigenvalue weighted by Crippen LogP contribution is -2.43. The molecule has 0 radical (unpaired) electrons. The summed E-state index contributed by atoms with van der Waals surface area (Å²) >= 11 is 0. The third kappa shape index (κ3) is 2.58. The summed E-state index contributed by atoms with van der Waals surface area (Å²) in [6.45, 7) is 6.74. The van der Waals surface area contributed by atoms with Crippen LogP contribution in [0.4, 0.5) is 0 Å². The summed E-state index contributed by atoms with van der Waals surface area (Å²) in [7, 11) is 0. The van der Waals surface area contributed by atoms with Crippen molar-refractivity contribution in [3.63, 3.8) is 0 Å². The molecule has 3 nitrogen and oxygen atoms in total. The Balaban J connectivity index is 1.75. The number of amides is 1. The highest BCUT2D eigenvalue weighted by molar-refractivity contribution is 5.83. The molecule has 1 aromatic carbocycles. The lowest BCUT2D eigenvalue weighted by atomic mass is 9.92. The number of fused-ring (bicyclic) bond motifs is 1. The third-order valence-electron chi connectivity index (χ3n) is 4.21. The Labute approximate surface area is 120 Å². The monoisotopic (exact) mass is 270 g/mol. The number of likely N-dealkylation sites (tertiary alicyclic amines) is 1. The molecule has 106 valence electrons. The van der Waals surface area contributed by atoms with Crippen LogP contribution < -0.4 is 0 Å². The average Bonchev–Trinajstić information content (AvgIpc) is 2.81. The van der Waals surface area contributed by atoms with Crippen molar-refractivity contribution < 1.29 is 4.79 Å². The van der Waals surface area contributed by atoms with Crippen LogP contribution in [0.3, 0.4) is 0 Å². The summed E-state index contributed by atoms with van der Waals surface area (Å²) in [5.74, 6) is 1.47. The molecule has 0 N–H and O–H groups in total. The minimum absolute atomic E-state index is 0.241. The first-order valence-corrected chi connectivity index (χ1v) is 7.45. The van der Waals surface area contributed by atoms with E-state index in [0.717, 1.165) is 18.6 Å². The number of para-hydroxylation sites is 1. The Morgan fingerprint density at radius 2 is 1.85 bits per heavy atom. The molecule has 0 saturated carbocycles. The summed E-state index contributed by atoms with van der Waals surface area (Å²) in [5.41, 5.74) is 1.14. The van der Waals surface area contributed by atoms with Gasteiger partial charge in [0.15, 0.2) is 0 Å². The summed E-state index contributed by atoms with van der Waals surface area (Å²) in [5, 5.41) is 1.20. The average molecular weight is 270 g/mol. The number of rotatable bonds is 2. The number of carbonyl (C=O) groups is 1. The fourth-order valence-electron chi connectivity index (χ4n) is 3.39. The van der Waals surface area contributed by atoms with Gasteiger partial charge in [-0.3, -0.25) is 4.79 Å². The Hall–Kier alpha value is -1.77. The van der Waals surface area contributed by atoms with Crippen LogP contribution in [0.5, 0.6) is 0 Å². The highest BCUT2D eigenvalue weighted by Gasteiger charge is 2.25. The molecule has 1 aliphatic heterocycles. The van der Waals surface area contributed by atoms with Crippen molar-refractivity contribution in [2.45, 2.75) is 26.8 Å². The van der Waals surface area contributed by atoms with Gasteiger partial charge in [0.2, 0.25) is 5.91 Å². The Morgan fingerprint density at radius 3 is 2.60 bits per heavy atom. The van der Waals surface area contributed by atoms with Gasteiger partial charge in [-0.15, -0.1) is 0 Å². The SMILES string of the molecule is C[C@@H]1C[C@H](C)CN(C(=O)Cn2ccc3ccccc32)C1. The third-order valence-corrected chi connectivity index (χ3v) is 4.21. The molecule has 3 rings (SSSR count). The normalized spacial score (nSPS) is 23.2. The van der Waals surface area contributed by atoms with Crippen molar-refractivity contribution in [2.75, 3.05) is 13.1 Å². The minimum atomic E-state index is 0.241. The van der Waals surface area contributed by atoms with Crippen molar-refractivity contribution in [1.82, 2.24) is 9.47 Å². The quantitative estimate of drug-likeness (QED) is 0.823. The van der Waals surface area contributed by atoms with Gasteiger partial charge in [-0.2, -0.15) is 0 Å². The van der Waals surface area contributed by atoms with E-state index in [9.17, 15) is 4.79 Å². The molecule has 0 spiro atoms. The van der Waals surface area contributed by atoms with E-state index in [1.165, 1.54) is 11.8 Å². The molecule has 1 saturated heterocycles. The molecular weight excluding hydrogens is 248 g/mol. The molecule has 3 heteroatoms. The largest absolute Gasteiger partial charge is 0.341 e. The number of aromatic nitrogens is 1. The first-order chi connectivity index (χ1) is 9.63. The molecule has 0 aliphatic carbocycles. The molecular formula is C17H22N2O. The first-order valence-electron chi connectivity index (χ1n) is 7.45. The fraction of sp³-hybridized carbons (Fsp3) is 0.471. The maximum Gasteiger partial charge on any atom is 0.242 e. The molecule has 20 heavy (non-hydrogen) atoms. The lowest BCUT2D eigenvalue weighted by molar-refractivity contribution is -0.134. The van der Waals surface area contributed by atoms with Crippen LogP contribution in [0.15, 0.2) is 36.5 Å². The number of benzene rings is 1. The molecule has 2 atom stereocenters. The zero-order valence-electron chi connectivity index (χ0n) is 12.2.